The Kier molecular flexibility index (Phi) is 5.81. The van der Waals surface area contributed by atoms with Crippen LogP contribution in [0.5, 0.6) is 5.75 Å². The number of rotatable bonds is 6. The number of nitrogens with one attached hydrogen (secondary N) is 1. The van der Waals surface area contributed by atoms with Crippen LogP contribution in [-0.4, -0.2) is 5.91 Å². The van der Waals surface area contributed by atoms with Crippen LogP contribution in [0, 0.1) is 11.3 Å². The van der Waals surface area contributed by atoms with E-state index < -0.39 is 5.91 Å². The molecule has 1 N–H and O–H groups in total. The second kappa shape index (κ2) is 8.65. The fraction of sp³-hybridized carbons (Fsp3) is 0.0476. The van der Waals surface area contributed by atoms with Crippen molar-refractivity contribution in [3.05, 3.63) is 88.1 Å². The molecular weight excluding hydrogens is 344 g/mol. The molecule has 3 rings (SSSR count). The molecule has 1 heterocycles. The third kappa shape index (κ3) is 4.82. The van der Waals surface area contributed by atoms with E-state index >= 15 is 0 Å². The van der Waals surface area contributed by atoms with E-state index in [1.54, 1.807) is 30.3 Å². The maximum Gasteiger partial charge on any atom is 0.266 e. The Balaban J connectivity index is 1.60. The molecule has 0 spiro atoms. The third-order valence-corrected chi connectivity index (χ3v) is 4.37. The molecule has 0 saturated heterocycles. The highest BCUT2D eigenvalue weighted by atomic mass is 32.1. The summed E-state index contributed by atoms with van der Waals surface area (Å²) in [7, 11) is 0. The van der Waals surface area contributed by atoms with Gasteiger partial charge in [0.15, 0.2) is 0 Å². The van der Waals surface area contributed by atoms with Gasteiger partial charge in [0.05, 0.1) is 0 Å². The number of thiophene rings is 1. The molecule has 0 aliphatic carbocycles. The predicted octanol–water partition coefficient (Wildman–Crippen LogP) is 4.87. The van der Waals surface area contributed by atoms with Gasteiger partial charge in [-0.2, -0.15) is 5.26 Å². The van der Waals surface area contributed by atoms with Crippen LogP contribution >= 0.6 is 11.3 Å². The highest BCUT2D eigenvalue weighted by molar-refractivity contribution is 7.10. The van der Waals surface area contributed by atoms with Crippen LogP contribution in [0.4, 0.5) is 5.69 Å². The zero-order valence-corrected chi connectivity index (χ0v) is 14.7. The van der Waals surface area contributed by atoms with Crippen LogP contribution < -0.4 is 10.1 Å². The monoisotopic (exact) mass is 360 g/mol. The van der Waals surface area contributed by atoms with Crippen molar-refractivity contribution < 1.29 is 9.53 Å². The maximum absolute atomic E-state index is 12.2. The van der Waals surface area contributed by atoms with Gasteiger partial charge in [0.25, 0.3) is 5.91 Å². The molecule has 0 fully saturated rings. The lowest BCUT2D eigenvalue weighted by molar-refractivity contribution is -0.112. The fourth-order valence-corrected chi connectivity index (χ4v) is 2.90. The van der Waals surface area contributed by atoms with Crippen LogP contribution in [0.3, 0.4) is 0 Å². The smallest absolute Gasteiger partial charge is 0.266 e. The second-order valence-corrected chi connectivity index (χ2v) is 6.42. The van der Waals surface area contributed by atoms with Gasteiger partial charge in [0.1, 0.15) is 24.0 Å². The summed E-state index contributed by atoms with van der Waals surface area (Å²) in [6.07, 6.45) is 1.58. The quantitative estimate of drug-likeness (QED) is 0.504. The minimum absolute atomic E-state index is 0.0665. The summed E-state index contributed by atoms with van der Waals surface area (Å²) < 4.78 is 5.72. The average Bonchev–Trinajstić information content (AvgIpc) is 3.19. The van der Waals surface area contributed by atoms with Crippen molar-refractivity contribution in [3.8, 4) is 11.8 Å². The van der Waals surface area contributed by atoms with Gasteiger partial charge in [-0.25, -0.2) is 0 Å². The summed E-state index contributed by atoms with van der Waals surface area (Å²) in [5, 5.41) is 13.8. The molecule has 0 atom stereocenters. The molecule has 128 valence electrons. The number of ether oxygens (including phenoxy) is 1. The van der Waals surface area contributed by atoms with Crippen molar-refractivity contribution in [2.75, 3.05) is 5.32 Å². The number of amides is 1. The first-order chi connectivity index (χ1) is 12.7. The molecule has 1 aromatic heterocycles. The molecule has 0 bridgehead atoms. The molecule has 26 heavy (non-hydrogen) atoms. The highest BCUT2D eigenvalue weighted by Gasteiger charge is 2.10. The van der Waals surface area contributed by atoms with Crippen molar-refractivity contribution in [2.45, 2.75) is 6.61 Å². The molecule has 0 unspecified atom stereocenters. The first-order valence-corrected chi connectivity index (χ1v) is 8.86. The number of benzene rings is 2. The SMILES string of the molecule is N#C/C(=C\c1cccs1)C(=O)Nc1ccc(OCc2ccccc2)cc1. The number of hydrogen-bond donors (Lipinski definition) is 1. The minimum atomic E-state index is -0.432. The van der Waals surface area contributed by atoms with Gasteiger partial charge in [0.2, 0.25) is 0 Å². The molecule has 0 aliphatic rings. The average molecular weight is 360 g/mol. The molecule has 2 aromatic carbocycles. The minimum Gasteiger partial charge on any atom is -0.489 e. The van der Waals surface area contributed by atoms with E-state index in [1.807, 2.05) is 53.9 Å². The molecule has 0 radical (unpaired) electrons. The summed E-state index contributed by atoms with van der Waals surface area (Å²) in [5.74, 6) is 0.278. The van der Waals surface area contributed by atoms with Gasteiger partial charge in [0, 0.05) is 10.6 Å². The molecule has 3 aromatic rings. The first kappa shape index (κ1) is 17.5. The van der Waals surface area contributed by atoms with E-state index in [2.05, 4.69) is 5.32 Å². The first-order valence-electron chi connectivity index (χ1n) is 7.98. The normalized spacial score (nSPS) is 10.8. The lowest BCUT2D eigenvalue weighted by atomic mass is 10.2. The predicted molar refractivity (Wildman–Crippen MR) is 104 cm³/mol. The standard InChI is InChI=1S/C21H16N2O2S/c22-14-17(13-20-7-4-12-26-20)21(24)23-18-8-10-19(11-9-18)25-15-16-5-2-1-3-6-16/h1-13H,15H2,(H,23,24)/b17-13+. The van der Waals surface area contributed by atoms with E-state index in [9.17, 15) is 10.1 Å². The van der Waals surface area contributed by atoms with Crippen molar-refractivity contribution in [3.63, 3.8) is 0 Å². The number of carbonyl (C=O) groups is 1. The molecule has 4 nitrogen and oxygen atoms in total. The zero-order chi connectivity index (χ0) is 18.2. The van der Waals surface area contributed by atoms with Gasteiger partial charge in [-0.05, 0) is 47.4 Å². The Morgan fingerprint density at radius 3 is 2.50 bits per heavy atom. The van der Waals surface area contributed by atoms with Crippen molar-refractivity contribution >= 4 is 29.0 Å². The Morgan fingerprint density at radius 2 is 1.85 bits per heavy atom. The summed E-state index contributed by atoms with van der Waals surface area (Å²) in [6, 6.07) is 22.6. The Bertz CT molecular complexity index is 924. The Hall–Kier alpha value is -3.36. The fourth-order valence-electron chi connectivity index (χ4n) is 2.24. The summed E-state index contributed by atoms with van der Waals surface area (Å²) in [4.78, 5) is 13.1. The topological polar surface area (TPSA) is 62.1 Å². The van der Waals surface area contributed by atoms with Gasteiger partial charge in [-0.15, -0.1) is 11.3 Å². The van der Waals surface area contributed by atoms with Crippen LogP contribution in [-0.2, 0) is 11.4 Å². The molecule has 1 amide bonds. The van der Waals surface area contributed by atoms with E-state index in [0.29, 0.717) is 18.0 Å². The Labute approximate surface area is 156 Å². The van der Waals surface area contributed by atoms with Crippen molar-refractivity contribution in [1.29, 1.82) is 5.26 Å². The maximum atomic E-state index is 12.2. The molecule has 0 saturated carbocycles. The number of carbonyl (C=O) groups excluding carboxylic acids is 1. The van der Waals surface area contributed by atoms with E-state index in [1.165, 1.54) is 11.3 Å². The summed E-state index contributed by atoms with van der Waals surface area (Å²) in [5.41, 5.74) is 1.76. The summed E-state index contributed by atoms with van der Waals surface area (Å²) >= 11 is 1.47. The number of nitrogens with zero attached hydrogens (tertiary/aromatic N) is 1. The van der Waals surface area contributed by atoms with Gasteiger partial charge in [-0.3, -0.25) is 4.79 Å². The Morgan fingerprint density at radius 1 is 1.08 bits per heavy atom. The molecular formula is C21H16N2O2S. The lowest BCUT2D eigenvalue weighted by Crippen LogP contribution is -2.13. The molecule has 0 aliphatic heterocycles. The lowest BCUT2D eigenvalue weighted by Gasteiger charge is -2.08. The number of nitriles is 1. The van der Waals surface area contributed by atoms with E-state index in [-0.39, 0.29) is 5.57 Å². The number of hydrogen-bond acceptors (Lipinski definition) is 4. The van der Waals surface area contributed by atoms with Gasteiger partial charge < -0.3 is 10.1 Å². The van der Waals surface area contributed by atoms with Crippen LogP contribution in [0.15, 0.2) is 77.7 Å². The van der Waals surface area contributed by atoms with Crippen molar-refractivity contribution in [2.24, 2.45) is 0 Å². The van der Waals surface area contributed by atoms with Crippen LogP contribution in [0.25, 0.3) is 6.08 Å². The number of anilines is 1. The van der Waals surface area contributed by atoms with E-state index in [4.69, 9.17) is 4.74 Å². The van der Waals surface area contributed by atoms with Gasteiger partial charge in [-0.1, -0.05) is 36.4 Å². The third-order valence-electron chi connectivity index (χ3n) is 3.56. The van der Waals surface area contributed by atoms with Crippen LogP contribution in [0.2, 0.25) is 0 Å². The van der Waals surface area contributed by atoms with Crippen molar-refractivity contribution in [1.82, 2.24) is 0 Å². The van der Waals surface area contributed by atoms with E-state index in [0.717, 1.165) is 10.4 Å². The largest absolute Gasteiger partial charge is 0.489 e. The zero-order valence-electron chi connectivity index (χ0n) is 13.9. The van der Waals surface area contributed by atoms with Crippen LogP contribution in [0.1, 0.15) is 10.4 Å². The molecule has 5 heteroatoms. The summed E-state index contributed by atoms with van der Waals surface area (Å²) in [6.45, 7) is 0.481. The van der Waals surface area contributed by atoms with Gasteiger partial charge >= 0.3 is 0 Å². The second-order valence-electron chi connectivity index (χ2n) is 5.44. The highest BCUT2D eigenvalue weighted by Crippen LogP contribution is 2.19.